The molecule has 1 spiro atoms. The van der Waals surface area contributed by atoms with Gasteiger partial charge in [-0.2, -0.15) is 0 Å². The predicted octanol–water partition coefficient (Wildman–Crippen LogP) is 4.55. The number of carbonyl (C=O) groups excluding carboxylic acids is 1. The molecule has 0 N–H and O–H groups in total. The van der Waals surface area contributed by atoms with Crippen molar-refractivity contribution in [2.24, 2.45) is 5.41 Å². The minimum absolute atomic E-state index is 0.205. The number of aryl methyl sites for hydroxylation is 1. The Labute approximate surface area is 129 Å². The van der Waals surface area contributed by atoms with E-state index in [0.29, 0.717) is 5.41 Å². The smallest absolute Gasteiger partial charge is 0.254 e. The van der Waals surface area contributed by atoms with E-state index in [2.05, 4.69) is 20.8 Å². The zero-order chi connectivity index (χ0) is 14.2. The number of nitrogens with zero attached hydrogens (tertiary/aromatic N) is 1. The first-order valence-corrected chi connectivity index (χ1v) is 8.44. The van der Waals surface area contributed by atoms with Crippen LogP contribution in [0.5, 0.6) is 0 Å². The predicted molar refractivity (Wildman–Crippen MR) is 84.9 cm³/mol. The first kappa shape index (κ1) is 14.1. The Bertz CT molecular complexity index is 510. The van der Waals surface area contributed by atoms with Crippen LogP contribution in [0.25, 0.3) is 0 Å². The zero-order valence-electron chi connectivity index (χ0n) is 12.1. The molecule has 0 aromatic heterocycles. The molecule has 1 aromatic rings. The van der Waals surface area contributed by atoms with E-state index < -0.39 is 0 Å². The molecule has 2 fully saturated rings. The third-order valence-electron chi connectivity index (χ3n) is 5.21. The molecule has 3 rings (SSSR count). The number of halogens is 1. The molecule has 1 saturated carbocycles. The van der Waals surface area contributed by atoms with Crippen LogP contribution in [0.3, 0.4) is 0 Å². The second-order valence-corrected chi connectivity index (χ2v) is 7.37. The molecule has 2 nitrogen and oxygen atoms in total. The number of piperidine rings is 1. The summed E-state index contributed by atoms with van der Waals surface area (Å²) in [6.07, 6.45) is 7.94. The van der Waals surface area contributed by atoms with Crippen molar-refractivity contribution in [1.82, 2.24) is 4.90 Å². The Balaban J connectivity index is 1.71. The summed E-state index contributed by atoms with van der Waals surface area (Å²) in [4.78, 5) is 14.7. The molecule has 0 bridgehead atoms. The number of carbonyl (C=O) groups is 1. The van der Waals surface area contributed by atoms with Gasteiger partial charge in [-0.05, 0) is 55.7 Å². The topological polar surface area (TPSA) is 20.3 Å². The molecule has 0 atom stereocenters. The second kappa shape index (κ2) is 5.51. The molecule has 1 heterocycles. The summed E-state index contributed by atoms with van der Waals surface area (Å²) in [5.74, 6) is 0.205. The Kier molecular flexibility index (Phi) is 3.89. The van der Waals surface area contributed by atoms with E-state index in [4.69, 9.17) is 0 Å². The highest BCUT2D eigenvalue weighted by Crippen LogP contribution is 2.46. The minimum atomic E-state index is 0.205. The van der Waals surface area contributed by atoms with Gasteiger partial charge in [0.15, 0.2) is 0 Å². The van der Waals surface area contributed by atoms with Crippen molar-refractivity contribution in [3.8, 4) is 0 Å². The largest absolute Gasteiger partial charge is 0.339 e. The van der Waals surface area contributed by atoms with Crippen molar-refractivity contribution in [3.63, 3.8) is 0 Å². The maximum Gasteiger partial charge on any atom is 0.254 e. The molecule has 0 unspecified atom stereocenters. The fraction of sp³-hybridized carbons (Fsp3) is 0.588. The number of rotatable bonds is 1. The maximum atomic E-state index is 12.7. The molecular formula is C17H22BrNO. The van der Waals surface area contributed by atoms with E-state index in [1.807, 2.05) is 25.1 Å². The van der Waals surface area contributed by atoms with Crippen LogP contribution in [0.2, 0.25) is 0 Å². The minimum Gasteiger partial charge on any atom is -0.339 e. The molecule has 1 amide bonds. The van der Waals surface area contributed by atoms with Crippen LogP contribution in [0.4, 0.5) is 0 Å². The van der Waals surface area contributed by atoms with Crippen LogP contribution in [-0.4, -0.2) is 23.9 Å². The highest BCUT2D eigenvalue weighted by Gasteiger charge is 2.38. The highest BCUT2D eigenvalue weighted by atomic mass is 79.9. The lowest BCUT2D eigenvalue weighted by atomic mass is 9.77. The molecule has 0 radical (unpaired) electrons. The van der Waals surface area contributed by atoms with Gasteiger partial charge in [0.2, 0.25) is 0 Å². The number of likely N-dealkylation sites (tertiary alicyclic amines) is 1. The first-order valence-electron chi connectivity index (χ1n) is 7.65. The quantitative estimate of drug-likeness (QED) is 0.736. The Morgan fingerprint density at radius 1 is 1.15 bits per heavy atom. The van der Waals surface area contributed by atoms with E-state index >= 15 is 0 Å². The molecule has 1 aliphatic carbocycles. The molecular weight excluding hydrogens is 314 g/mol. The molecule has 1 aliphatic heterocycles. The summed E-state index contributed by atoms with van der Waals surface area (Å²) in [5, 5.41) is 0. The summed E-state index contributed by atoms with van der Waals surface area (Å²) in [6.45, 7) is 3.89. The first-order chi connectivity index (χ1) is 9.60. The number of benzene rings is 1. The third-order valence-corrected chi connectivity index (χ3v) is 5.70. The normalized spacial score (nSPS) is 21.4. The Morgan fingerprint density at radius 3 is 2.45 bits per heavy atom. The van der Waals surface area contributed by atoms with E-state index in [1.165, 1.54) is 38.5 Å². The van der Waals surface area contributed by atoms with Crippen molar-refractivity contribution < 1.29 is 4.79 Å². The van der Waals surface area contributed by atoms with Crippen molar-refractivity contribution in [1.29, 1.82) is 0 Å². The van der Waals surface area contributed by atoms with Crippen LogP contribution in [-0.2, 0) is 0 Å². The van der Waals surface area contributed by atoms with Gasteiger partial charge < -0.3 is 4.90 Å². The summed E-state index contributed by atoms with van der Waals surface area (Å²) in [7, 11) is 0. The van der Waals surface area contributed by atoms with Gasteiger partial charge in [-0.15, -0.1) is 0 Å². The van der Waals surface area contributed by atoms with Gasteiger partial charge in [-0.1, -0.05) is 34.8 Å². The summed E-state index contributed by atoms with van der Waals surface area (Å²) in [5.41, 5.74) is 2.49. The van der Waals surface area contributed by atoms with Gasteiger partial charge in [0.05, 0.1) is 0 Å². The van der Waals surface area contributed by atoms with Crippen molar-refractivity contribution in [3.05, 3.63) is 33.8 Å². The zero-order valence-corrected chi connectivity index (χ0v) is 13.7. The SMILES string of the molecule is Cc1ccc(Br)cc1C(=O)N1CCC2(CCCC2)CC1. The van der Waals surface area contributed by atoms with Crippen molar-refractivity contribution in [2.75, 3.05) is 13.1 Å². The van der Waals surface area contributed by atoms with Crippen LogP contribution in [0.1, 0.15) is 54.4 Å². The van der Waals surface area contributed by atoms with Gasteiger partial charge in [-0.25, -0.2) is 0 Å². The van der Waals surface area contributed by atoms with E-state index in [1.54, 1.807) is 0 Å². The molecule has 2 aliphatic rings. The molecule has 108 valence electrons. The van der Waals surface area contributed by atoms with Crippen molar-refractivity contribution >= 4 is 21.8 Å². The fourth-order valence-electron chi connectivity index (χ4n) is 3.80. The van der Waals surface area contributed by atoms with Crippen LogP contribution < -0.4 is 0 Å². The fourth-order valence-corrected chi connectivity index (χ4v) is 4.17. The second-order valence-electron chi connectivity index (χ2n) is 6.46. The average Bonchev–Trinajstić information content (AvgIpc) is 2.90. The van der Waals surface area contributed by atoms with Crippen molar-refractivity contribution in [2.45, 2.75) is 45.4 Å². The summed E-state index contributed by atoms with van der Waals surface area (Å²) in [6, 6.07) is 5.97. The molecule has 3 heteroatoms. The van der Waals surface area contributed by atoms with Crippen LogP contribution in [0.15, 0.2) is 22.7 Å². The summed E-state index contributed by atoms with van der Waals surface area (Å²) < 4.78 is 0.982. The monoisotopic (exact) mass is 335 g/mol. The van der Waals surface area contributed by atoms with Crippen LogP contribution >= 0.6 is 15.9 Å². The summed E-state index contributed by atoms with van der Waals surface area (Å²) >= 11 is 3.47. The van der Waals surface area contributed by atoms with Crippen LogP contribution in [0, 0.1) is 12.3 Å². The van der Waals surface area contributed by atoms with E-state index in [-0.39, 0.29) is 5.91 Å². The Morgan fingerprint density at radius 2 is 1.80 bits per heavy atom. The third kappa shape index (κ3) is 2.65. The number of hydrogen-bond acceptors (Lipinski definition) is 1. The molecule has 1 aromatic carbocycles. The maximum absolute atomic E-state index is 12.7. The Hall–Kier alpha value is -0.830. The van der Waals surface area contributed by atoms with Gasteiger partial charge in [0, 0.05) is 23.1 Å². The standard InChI is InChI=1S/C17H22BrNO/c1-13-4-5-14(18)12-15(13)16(20)19-10-8-17(9-11-19)6-2-3-7-17/h4-5,12H,2-3,6-11H2,1H3. The average molecular weight is 336 g/mol. The highest BCUT2D eigenvalue weighted by molar-refractivity contribution is 9.10. The van der Waals surface area contributed by atoms with E-state index in [9.17, 15) is 4.79 Å². The van der Waals surface area contributed by atoms with Gasteiger partial charge in [0.25, 0.3) is 5.91 Å². The van der Waals surface area contributed by atoms with Gasteiger partial charge in [-0.3, -0.25) is 4.79 Å². The van der Waals surface area contributed by atoms with Gasteiger partial charge >= 0.3 is 0 Å². The molecule has 20 heavy (non-hydrogen) atoms. The lowest BCUT2D eigenvalue weighted by Crippen LogP contribution is -2.42. The van der Waals surface area contributed by atoms with E-state index in [0.717, 1.165) is 28.7 Å². The molecule has 1 saturated heterocycles. The number of amides is 1. The van der Waals surface area contributed by atoms with Gasteiger partial charge in [0.1, 0.15) is 0 Å². The lowest BCUT2D eigenvalue weighted by Gasteiger charge is -2.39. The lowest BCUT2D eigenvalue weighted by molar-refractivity contribution is 0.0587. The number of hydrogen-bond donors (Lipinski definition) is 0.